The summed E-state index contributed by atoms with van der Waals surface area (Å²) < 4.78 is 0. The number of nitrogens with one attached hydrogen (secondary N) is 1. The third kappa shape index (κ3) is 2.28. The highest BCUT2D eigenvalue weighted by atomic mass is 32.2. The summed E-state index contributed by atoms with van der Waals surface area (Å²) in [6, 6.07) is 9.47. The second-order valence-electron chi connectivity index (χ2n) is 5.11. The van der Waals surface area contributed by atoms with Crippen LogP contribution in [0.1, 0.15) is 37.8 Å². The molecule has 2 heteroatoms. The molecule has 0 saturated heterocycles. The standard InChI is InChI=1S/C14H19NS/c1-10-8-13(15-9-11-6-7-11)12-4-2-3-5-14(12)16-10/h2-5,10-11,13,15H,6-9H2,1H3. The molecule has 1 saturated carbocycles. The van der Waals surface area contributed by atoms with Crippen LogP contribution in [0.25, 0.3) is 0 Å². The maximum absolute atomic E-state index is 3.76. The van der Waals surface area contributed by atoms with Crippen LogP contribution in [0.3, 0.4) is 0 Å². The van der Waals surface area contributed by atoms with E-state index < -0.39 is 0 Å². The normalized spacial score (nSPS) is 28.8. The molecule has 2 unspecified atom stereocenters. The van der Waals surface area contributed by atoms with Gasteiger partial charge in [0.1, 0.15) is 0 Å². The fourth-order valence-electron chi connectivity index (χ4n) is 2.42. The Labute approximate surface area is 102 Å². The molecular weight excluding hydrogens is 214 g/mol. The maximum atomic E-state index is 3.76. The molecule has 3 rings (SSSR count). The van der Waals surface area contributed by atoms with Crippen LogP contribution in [-0.4, -0.2) is 11.8 Å². The minimum atomic E-state index is 0.591. The average Bonchev–Trinajstić information content (AvgIpc) is 3.09. The van der Waals surface area contributed by atoms with Crippen LogP contribution in [0.2, 0.25) is 0 Å². The summed E-state index contributed by atoms with van der Waals surface area (Å²) in [6.07, 6.45) is 4.14. The lowest BCUT2D eigenvalue weighted by atomic mass is 10.0. The first kappa shape index (κ1) is 10.7. The van der Waals surface area contributed by atoms with Crippen LogP contribution in [0, 0.1) is 5.92 Å². The Morgan fingerprint density at radius 3 is 2.94 bits per heavy atom. The van der Waals surface area contributed by atoms with Crippen LogP contribution >= 0.6 is 11.8 Å². The molecule has 1 aliphatic heterocycles. The first-order valence-corrected chi connectivity index (χ1v) is 7.20. The molecule has 1 nitrogen and oxygen atoms in total. The van der Waals surface area contributed by atoms with Gasteiger partial charge >= 0.3 is 0 Å². The molecule has 1 heterocycles. The highest BCUT2D eigenvalue weighted by Crippen LogP contribution is 2.40. The topological polar surface area (TPSA) is 12.0 Å². The Balaban J connectivity index is 1.76. The van der Waals surface area contributed by atoms with Crippen molar-refractivity contribution in [3.05, 3.63) is 29.8 Å². The quantitative estimate of drug-likeness (QED) is 0.856. The number of hydrogen-bond donors (Lipinski definition) is 1. The number of hydrogen-bond acceptors (Lipinski definition) is 2. The number of thioether (sulfide) groups is 1. The van der Waals surface area contributed by atoms with Crippen molar-refractivity contribution in [1.29, 1.82) is 0 Å². The Kier molecular flexibility index (Phi) is 2.95. The third-order valence-electron chi connectivity index (χ3n) is 3.54. The summed E-state index contributed by atoms with van der Waals surface area (Å²) in [5.74, 6) is 0.969. The molecule has 1 aliphatic carbocycles. The molecule has 86 valence electrons. The van der Waals surface area contributed by atoms with Crippen molar-refractivity contribution < 1.29 is 0 Å². The molecule has 1 N–H and O–H groups in total. The van der Waals surface area contributed by atoms with Crippen molar-refractivity contribution in [2.75, 3.05) is 6.54 Å². The van der Waals surface area contributed by atoms with Gasteiger partial charge in [-0.3, -0.25) is 0 Å². The van der Waals surface area contributed by atoms with Gasteiger partial charge in [0.2, 0.25) is 0 Å². The van der Waals surface area contributed by atoms with Gasteiger partial charge in [0, 0.05) is 16.2 Å². The second kappa shape index (κ2) is 4.42. The van der Waals surface area contributed by atoms with Gasteiger partial charge in [-0.05, 0) is 43.4 Å². The van der Waals surface area contributed by atoms with E-state index in [1.165, 1.54) is 36.3 Å². The van der Waals surface area contributed by atoms with E-state index in [1.807, 2.05) is 11.8 Å². The van der Waals surface area contributed by atoms with Crippen LogP contribution in [-0.2, 0) is 0 Å². The molecular formula is C14H19NS. The summed E-state index contributed by atoms with van der Waals surface area (Å²) >= 11 is 2.03. The molecule has 0 amide bonds. The molecule has 0 radical (unpaired) electrons. The zero-order chi connectivity index (χ0) is 11.0. The van der Waals surface area contributed by atoms with Gasteiger partial charge in [-0.2, -0.15) is 0 Å². The summed E-state index contributed by atoms with van der Waals surface area (Å²) in [4.78, 5) is 1.48. The van der Waals surface area contributed by atoms with Gasteiger partial charge in [-0.25, -0.2) is 0 Å². The number of rotatable bonds is 3. The Morgan fingerprint density at radius 1 is 1.31 bits per heavy atom. The first-order chi connectivity index (χ1) is 7.83. The van der Waals surface area contributed by atoms with Crippen LogP contribution < -0.4 is 5.32 Å². The largest absolute Gasteiger partial charge is 0.310 e. The molecule has 2 atom stereocenters. The van der Waals surface area contributed by atoms with Crippen LogP contribution in [0.4, 0.5) is 0 Å². The fourth-order valence-corrected chi connectivity index (χ4v) is 3.65. The highest BCUT2D eigenvalue weighted by Gasteiger charge is 2.27. The minimum absolute atomic E-state index is 0.591. The molecule has 0 bridgehead atoms. The van der Waals surface area contributed by atoms with E-state index in [0.717, 1.165) is 11.2 Å². The Morgan fingerprint density at radius 2 is 2.12 bits per heavy atom. The van der Waals surface area contributed by atoms with Crippen molar-refractivity contribution in [1.82, 2.24) is 5.32 Å². The van der Waals surface area contributed by atoms with Gasteiger partial charge in [0.05, 0.1) is 0 Å². The SMILES string of the molecule is CC1CC(NCC2CC2)c2ccccc2S1. The molecule has 16 heavy (non-hydrogen) atoms. The first-order valence-electron chi connectivity index (χ1n) is 6.32. The van der Waals surface area contributed by atoms with Crippen LogP contribution in [0.5, 0.6) is 0 Å². The Hall–Kier alpha value is -0.470. The molecule has 1 aromatic carbocycles. The van der Waals surface area contributed by atoms with E-state index in [4.69, 9.17) is 0 Å². The average molecular weight is 233 g/mol. The lowest BCUT2D eigenvalue weighted by Gasteiger charge is -2.30. The summed E-state index contributed by atoms with van der Waals surface area (Å²) in [7, 11) is 0. The van der Waals surface area contributed by atoms with Gasteiger partial charge in [0.15, 0.2) is 0 Å². The fraction of sp³-hybridized carbons (Fsp3) is 0.571. The predicted octanol–water partition coefficient (Wildman–Crippen LogP) is 3.61. The van der Waals surface area contributed by atoms with E-state index in [0.29, 0.717) is 6.04 Å². The van der Waals surface area contributed by atoms with Gasteiger partial charge < -0.3 is 5.32 Å². The predicted molar refractivity (Wildman–Crippen MR) is 69.8 cm³/mol. The summed E-state index contributed by atoms with van der Waals surface area (Å²) in [5, 5.41) is 4.50. The molecule has 1 fully saturated rings. The monoisotopic (exact) mass is 233 g/mol. The maximum Gasteiger partial charge on any atom is 0.0342 e. The molecule has 2 aliphatic rings. The van der Waals surface area contributed by atoms with Crippen LogP contribution in [0.15, 0.2) is 29.2 Å². The summed E-state index contributed by atoms with van der Waals surface area (Å²) in [5.41, 5.74) is 1.52. The van der Waals surface area contributed by atoms with E-state index in [9.17, 15) is 0 Å². The molecule has 1 aromatic rings. The van der Waals surface area contributed by atoms with Gasteiger partial charge in [-0.1, -0.05) is 25.1 Å². The molecule has 0 spiro atoms. The highest BCUT2D eigenvalue weighted by molar-refractivity contribution is 8.00. The van der Waals surface area contributed by atoms with Crippen molar-refractivity contribution >= 4 is 11.8 Å². The minimum Gasteiger partial charge on any atom is -0.310 e. The number of benzene rings is 1. The Bertz CT molecular complexity index is 373. The smallest absolute Gasteiger partial charge is 0.0342 e. The van der Waals surface area contributed by atoms with E-state index in [1.54, 1.807) is 0 Å². The van der Waals surface area contributed by atoms with E-state index in [-0.39, 0.29) is 0 Å². The van der Waals surface area contributed by atoms with Crippen molar-refractivity contribution in [3.8, 4) is 0 Å². The zero-order valence-electron chi connectivity index (χ0n) is 9.78. The van der Waals surface area contributed by atoms with Gasteiger partial charge in [-0.15, -0.1) is 11.8 Å². The lowest BCUT2D eigenvalue weighted by Crippen LogP contribution is -2.28. The second-order valence-corrected chi connectivity index (χ2v) is 6.59. The number of fused-ring (bicyclic) bond motifs is 1. The summed E-state index contributed by atoms with van der Waals surface area (Å²) in [6.45, 7) is 3.56. The lowest BCUT2D eigenvalue weighted by molar-refractivity contribution is 0.473. The van der Waals surface area contributed by atoms with Gasteiger partial charge in [0.25, 0.3) is 0 Å². The third-order valence-corrected chi connectivity index (χ3v) is 4.76. The van der Waals surface area contributed by atoms with Crippen molar-refractivity contribution in [3.63, 3.8) is 0 Å². The van der Waals surface area contributed by atoms with Crippen molar-refractivity contribution in [2.45, 2.75) is 42.4 Å². The van der Waals surface area contributed by atoms with E-state index in [2.05, 4.69) is 36.5 Å². The molecule has 0 aromatic heterocycles. The van der Waals surface area contributed by atoms with E-state index >= 15 is 0 Å². The van der Waals surface area contributed by atoms with Crippen molar-refractivity contribution in [2.24, 2.45) is 5.92 Å². The zero-order valence-corrected chi connectivity index (χ0v) is 10.6.